The Hall–Kier alpha value is -5.14. The van der Waals surface area contributed by atoms with Crippen molar-refractivity contribution >= 4 is 43.5 Å². The van der Waals surface area contributed by atoms with E-state index in [1.807, 2.05) is 0 Å². The third kappa shape index (κ3) is 3.48. The lowest BCUT2D eigenvalue weighted by atomic mass is 9.86. The number of hydrogen-bond acceptors (Lipinski definition) is 1. The van der Waals surface area contributed by atoms with Crippen LogP contribution in [0.1, 0.15) is 20.6 Å². The smallest absolute Gasteiger partial charge is 0.135 e. The summed E-state index contributed by atoms with van der Waals surface area (Å²) in [5.74, 6) is 0. The predicted molar refractivity (Wildman–Crippen MR) is 165 cm³/mol. The van der Waals surface area contributed by atoms with Crippen LogP contribution < -0.4 is 0 Å². The van der Waals surface area contributed by atoms with Gasteiger partial charge in [-0.15, -0.1) is 0 Å². The maximum atomic E-state index is 9.36. The van der Waals surface area contributed by atoms with Crippen LogP contribution in [-0.2, 0) is 0 Å². The van der Waals surface area contributed by atoms with E-state index in [-0.39, 0.29) is 55.2 Å². The molecule has 0 fully saturated rings. The lowest BCUT2D eigenvalue weighted by Crippen LogP contribution is -1.90. The SMILES string of the molecule is [2H]c1c([2H])c(-c2c3c([2H])c([2H])c([2H])c([2H])c3c(-c3ccccc3)c3c([2H])c([2H])c([2H])c([2H])c23)c([2H])c([2H])c1-c1c([2H])c([2H])c2oc3ccccc3c2c1[2H]. The van der Waals surface area contributed by atoms with Gasteiger partial charge in [-0.3, -0.25) is 0 Å². The summed E-state index contributed by atoms with van der Waals surface area (Å²) in [7, 11) is 0. The highest BCUT2D eigenvalue weighted by Crippen LogP contribution is 2.44. The number of fused-ring (bicyclic) bond motifs is 5. The molecule has 7 aromatic carbocycles. The molecule has 0 saturated heterocycles. The van der Waals surface area contributed by atoms with E-state index in [4.69, 9.17) is 19.5 Å². The fraction of sp³-hybridized carbons (Fsp3) is 0. The van der Waals surface area contributed by atoms with Gasteiger partial charge in [0.15, 0.2) is 0 Å². The Labute approximate surface area is 247 Å². The summed E-state index contributed by atoms with van der Waals surface area (Å²) < 4.78 is 141. The van der Waals surface area contributed by atoms with Crippen molar-refractivity contribution in [3.8, 4) is 33.4 Å². The molecule has 0 amide bonds. The number of hydrogen-bond donors (Lipinski definition) is 0. The van der Waals surface area contributed by atoms with Crippen molar-refractivity contribution in [2.45, 2.75) is 0 Å². The molecule has 39 heavy (non-hydrogen) atoms. The molecule has 1 nitrogen and oxygen atoms in total. The van der Waals surface area contributed by atoms with Gasteiger partial charge in [-0.25, -0.2) is 0 Å². The minimum Gasteiger partial charge on any atom is -0.456 e. The molecule has 1 heteroatoms. The summed E-state index contributed by atoms with van der Waals surface area (Å²) in [6, 6.07) is 5.55. The second-order valence-electron chi connectivity index (χ2n) is 8.92. The predicted octanol–water partition coefficient (Wildman–Crippen LogP) is 10.9. The van der Waals surface area contributed by atoms with Crippen LogP contribution in [0.25, 0.3) is 76.9 Å². The van der Waals surface area contributed by atoms with E-state index >= 15 is 0 Å². The summed E-state index contributed by atoms with van der Waals surface area (Å²) in [4.78, 5) is 0. The highest BCUT2D eigenvalue weighted by Gasteiger charge is 2.16. The third-order valence-corrected chi connectivity index (χ3v) is 6.71. The van der Waals surface area contributed by atoms with Crippen LogP contribution >= 0.6 is 0 Å². The Bertz CT molecular complexity index is 2880. The first kappa shape index (κ1) is 11.7. The van der Waals surface area contributed by atoms with Gasteiger partial charge in [0.1, 0.15) is 11.2 Å². The minimum absolute atomic E-state index is 0.0541. The van der Waals surface area contributed by atoms with Crippen LogP contribution in [0.3, 0.4) is 0 Å². The van der Waals surface area contributed by atoms with E-state index < -0.39 is 95.7 Å². The van der Waals surface area contributed by atoms with Crippen LogP contribution in [0.2, 0.25) is 0 Å². The van der Waals surface area contributed by atoms with Crippen molar-refractivity contribution in [3.63, 3.8) is 0 Å². The van der Waals surface area contributed by atoms with Crippen molar-refractivity contribution < 1.29 is 25.0 Å². The molecule has 0 saturated carbocycles. The molecule has 0 unspecified atom stereocenters. The molecule has 1 heterocycles. The number of para-hydroxylation sites is 1. The van der Waals surface area contributed by atoms with E-state index in [9.17, 15) is 5.48 Å². The lowest BCUT2D eigenvalue weighted by Gasteiger charge is -2.18. The fourth-order valence-corrected chi connectivity index (χ4v) is 4.99. The second-order valence-corrected chi connectivity index (χ2v) is 8.92. The van der Waals surface area contributed by atoms with Gasteiger partial charge in [0.05, 0.1) is 20.6 Å². The average molecular weight is 512 g/mol. The lowest BCUT2D eigenvalue weighted by molar-refractivity contribution is 0.669. The van der Waals surface area contributed by atoms with Crippen LogP contribution in [0, 0.1) is 0 Å². The number of rotatable bonds is 3. The molecule has 0 aliphatic carbocycles. The zero-order valence-electron chi connectivity index (χ0n) is 35.1. The molecule has 0 N–H and O–H groups in total. The average Bonchev–Trinajstić information content (AvgIpc) is 3.57. The van der Waals surface area contributed by atoms with Crippen LogP contribution in [-0.4, -0.2) is 0 Å². The monoisotopic (exact) mass is 511 g/mol. The molecular formula is C38H24O. The van der Waals surface area contributed by atoms with Gasteiger partial charge >= 0.3 is 0 Å². The molecule has 8 aromatic rings. The summed E-state index contributed by atoms with van der Waals surface area (Å²) in [5.41, 5.74) is -0.994. The summed E-state index contributed by atoms with van der Waals surface area (Å²) in [5, 5.41) is -0.291. The molecule has 0 aliphatic rings. The van der Waals surface area contributed by atoms with Crippen LogP contribution in [0.5, 0.6) is 0 Å². The van der Waals surface area contributed by atoms with Gasteiger partial charge in [-0.05, 0) is 73.1 Å². The van der Waals surface area contributed by atoms with Gasteiger partial charge in [0, 0.05) is 10.8 Å². The van der Waals surface area contributed by atoms with Crippen molar-refractivity contribution in [2.75, 3.05) is 0 Å². The molecule has 0 radical (unpaired) electrons. The summed E-state index contributed by atoms with van der Waals surface area (Å²) >= 11 is 0. The molecule has 0 bridgehead atoms. The molecule has 1 aromatic heterocycles. The Morgan fingerprint density at radius 3 is 1.59 bits per heavy atom. The van der Waals surface area contributed by atoms with E-state index in [0.29, 0.717) is 16.5 Å². The molecule has 8 rings (SSSR count). The highest BCUT2D eigenvalue weighted by molar-refractivity contribution is 6.21. The number of benzene rings is 7. The van der Waals surface area contributed by atoms with E-state index in [1.165, 1.54) is 0 Å². The zero-order valence-corrected chi connectivity index (χ0v) is 20.1. The van der Waals surface area contributed by atoms with Crippen molar-refractivity contribution in [1.82, 2.24) is 0 Å². The topological polar surface area (TPSA) is 13.1 Å². The Morgan fingerprint density at radius 1 is 0.385 bits per heavy atom. The molecular weight excluding hydrogens is 472 g/mol. The summed E-state index contributed by atoms with van der Waals surface area (Å²) in [6.07, 6.45) is 0. The Kier molecular flexibility index (Phi) is 2.62. The highest BCUT2D eigenvalue weighted by atomic mass is 16.3. The maximum absolute atomic E-state index is 9.36. The first-order valence-corrected chi connectivity index (χ1v) is 12.1. The molecule has 0 spiro atoms. The normalized spacial score (nSPS) is 17.0. The summed E-state index contributed by atoms with van der Waals surface area (Å²) in [6.45, 7) is 0. The van der Waals surface area contributed by atoms with Gasteiger partial charge in [0.25, 0.3) is 0 Å². The van der Waals surface area contributed by atoms with Crippen molar-refractivity contribution in [3.05, 3.63) is 145 Å². The van der Waals surface area contributed by atoms with E-state index in [1.54, 1.807) is 54.6 Å². The first-order chi connectivity index (χ1) is 25.6. The fourth-order valence-electron chi connectivity index (χ4n) is 4.99. The zero-order chi connectivity index (χ0) is 38.8. The second kappa shape index (κ2) is 8.72. The Morgan fingerprint density at radius 2 is 0.923 bits per heavy atom. The van der Waals surface area contributed by atoms with Gasteiger partial charge in [0.2, 0.25) is 0 Å². The maximum Gasteiger partial charge on any atom is 0.135 e. The molecule has 182 valence electrons. The van der Waals surface area contributed by atoms with Crippen molar-refractivity contribution in [1.29, 1.82) is 0 Å². The largest absolute Gasteiger partial charge is 0.456 e. The Balaban J connectivity index is 1.61. The van der Waals surface area contributed by atoms with Crippen LogP contribution in [0.15, 0.2) is 150 Å². The quantitative estimate of drug-likeness (QED) is 0.215. The van der Waals surface area contributed by atoms with Crippen LogP contribution in [0.4, 0.5) is 0 Å². The first-order valence-electron chi connectivity index (χ1n) is 19.6. The van der Waals surface area contributed by atoms with Gasteiger partial charge < -0.3 is 4.42 Å². The van der Waals surface area contributed by atoms with Crippen molar-refractivity contribution in [2.24, 2.45) is 0 Å². The molecule has 0 aliphatic heterocycles. The standard InChI is InChI=1S/C38H24O/c1-2-10-26(11-3-1)37-30-13-4-6-15-32(30)38(33-16-7-5-14-31(33)37)27-20-18-25(19-21-27)28-22-23-36-34(24-28)29-12-8-9-17-35(29)39-36/h1-24H/i4D,5D,6D,7D,13D,14D,15D,16D,18D,19D,20D,21D,22D,23D,24D. The van der Waals surface area contributed by atoms with E-state index in [2.05, 4.69) is 0 Å². The van der Waals surface area contributed by atoms with Gasteiger partial charge in [-0.2, -0.15) is 0 Å². The molecule has 0 atom stereocenters. The third-order valence-electron chi connectivity index (χ3n) is 6.71. The number of furan rings is 1. The van der Waals surface area contributed by atoms with Gasteiger partial charge in [-0.1, -0.05) is 127 Å². The van der Waals surface area contributed by atoms with E-state index in [0.717, 1.165) is 0 Å². The minimum atomic E-state index is -0.761.